The van der Waals surface area contributed by atoms with E-state index in [0.717, 1.165) is 41.5 Å². The highest BCUT2D eigenvalue weighted by Crippen LogP contribution is 2.41. The molecule has 10 heterocycles. The van der Waals surface area contributed by atoms with Crippen molar-refractivity contribution in [3.63, 3.8) is 0 Å². The largest absolute Gasteiger partial charge is 0.394 e. The predicted molar refractivity (Wildman–Crippen MR) is 398 cm³/mol. The molecule has 10 aliphatic heterocycles. The number of aliphatic hydroxyl groups excluding tert-OH is 25. The number of amides is 6. The van der Waals surface area contributed by atoms with E-state index >= 15 is 0 Å². The molecule has 10 fully saturated rings. The highest BCUT2D eigenvalue weighted by molar-refractivity contribution is 5.75. The SMILES string of the molecule is CC(=O)N[C@@H]1[C@H](O[C@@H]2[C@@H](O[C@@H]3[C@H](O)[C@H](O[C@H]4[C@H](O)[C@@H](NC(C)=O)[C@H](O[C@H]5[C@H](O)[C@@H](NC(C)=O)C(O)O[C@@H]5COC5O[C@@H](C)[C@@H](O)[C@@H](O)[C@@H]5O)O[C@@H]4CO)O[C@H](CO[C@H]4O[C@H](CO)[C@@H](O)[C@H](O)[C@@H]4O[C@@H]4O[C@H](CO)[C@@H](O[C@@H]5O[C@H](CO)[C@H](O)[C@H](O)[C@H]5NC(C)=O)[C@H](O)[C@H]4NC(C)=O)[C@H]3O)O[C@H](CO)[C@@H](O)[C@@H]2O)O[C@H](CO)[C@@H](O[C@@H]2O[C@H](CO)[C@H](O)[C@H](O)[C@H]2NC(C)=O)[C@@H]1O. The fourth-order valence-corrected chi connectivity index (χ4v) is 16.6. The number of carbonyl (C=O) groups is 6. The first-order chi connectivity index (χ1) is 60.5. The lowest BCUT2D eigenvalue weighted by Gasteiger charge is -2.51. The van der Waals surface area contributed by atoms with Gasteiger partial charge >= 0.3 is 0 Å². The third-order valence-corrected chi connectivity index (χ3v) is 23.2. The second kappa shape index (κ2) is 46.1. The van der Waals surface area contributed by atoms with Crippen molar-refractivity contribution >= 4 is 35.4 Å². The van der Waals surface area contributed by atoms with Gasteiger partial charge in [0.15, 0.2) is 62.9 Å². The number of rotatable bonds is 33. The molecule has 0 spiro atoms. The molecule has 31 N–H and O–H groups in total. The molecule has 56 heteroatoms. The van der Waals surface area contributed by atoms with Crippen LogP contribution in [0.2, 0.25) is 0 Å². The van der Waals surface area contributed by atoms with Crippen molar-refractivity contribution in [2.75, 3.05) is 59.5 Å². The van der Waals surface area contributed by atoms with Gasteiger partial charge in [-0.25, -0.2) is 0 Å². The molecule has 738 valence electrons. The van der Waals surface area contributed by atoms with E-state index in [2.05, 4.69) is 31.9 Å². The minimum atomic E-state index is -2.64. The molecule has 0 aromatic rings. The number of hydrogen-bond acceptors (Lipinski definition) is 50. The number of nitrogens with one attached hydrogen (secondary N) is 6. The Bertz CT molecular complexity index is 3550. The molecule has 0 radical (unpaired) electrons. The topological polar surface area (TPSA) is 856 Å². The van der Waals surface area contributed by atoms with Gasteiger partial charge in [0.05, 0.1) is 65.6 Å². The highest BCUT2D eigenvalue weighted by Gasteiger charge is 2.62. The summed E-state index contributed by atoms with van der Waals surface area (Å²) < 4.78 is 114. The Kier molecular flexibility index (Phi) is 37.8. The van der Waals surface area contributed by atoms with Crippen LogP contribution in [0.1, 0.15) is 48.5 Å². The van der Waals surface area contributed by atoms with Gasteiger partial charge in [0.1, 0.15) is 238 Å². The summed E-state index contributed by atoms with van der Waals surface area (Å²) in [5.74, 6) is -5.41. The van der Waals surface area contributed by atoms with Crippen molar-refractivity contribution in [3.05, 3.63) is 0 Å². The minimum Gasteiger partial charge on any atom is -0.394 e. The summed E-state index contributed by atoms with van der Waals surface area (Å²) >= 11 is 0. The average molecular weight is 1870 g/mol. The van der Waals surface area contributed by atoms with Crippen LogP contribution in [-0.2, 0) is 119 Å². The van der Waals surface area contributed by atoms with Gasteiger partial charge in [-0.15, -0.1) is 0 Å². The van der Waals surface area contributed by atoms with Crippen molar-refractivity contribution in [3.8, 4) is 0 Å². The molecule has 50 atom stereocenters. The van der Waals surface area contributed by atoms with E-state index in [9.17, 15) is 156 Å². The van der Waals surface area contributed by atoms with Gasteiger partial charge < -0.3 is 250 Å². The fraction of sp³-hybridized carbons (Fsp3) is 0.917. The monoisotopic (exact) mass is 1870 g/mol. The summed E-state index contributed by atoms with van der Waals surface area (Å²) in [5, 5.41) is 297. The summed E-state index contributed by atoms with van der Waals surface area (Å²) in [6.45, 7) is -2.88. The molecule has 0 saturated carbocycles. The minimum absolute atomic E-state index is 0.812. The maximum Gasteiger partial charge on any atom is 0.217 e. The van der Waals surface area contributed by atoms with Crippen LogP contribution in [0.25, 0.3) is 0 Å². The first-order valence-corrected chi connectivity index (χ1v) is 41.0. The van der Waals surface area contributed by atoms with Crippen molar-refractivity contribution in [2.45, 2.75) is 355 Å². The molecule has 2 unspecified atom stereocenters. The third-order valence-electron chi connectivity index (χ3n) is 23.2. The van der Waals surface area contributed by atoms with E-state index in [-0.39, 0.29) is 0 Å². The summed E-state index contributed by atoms with van der Waals surface area (Å²) in [7, 11) is 0. The Morgan fingerprint density at radius 1 is 0.219 bits per heavy atom. The maximum absolute atomic E-state index is 13.3. The van der Waals surface area contributed by atoms with Crippen LogP contribution in [0, 0.1) is 0 Å². The first kappa shape index (κ1) is 105. The van der Waals surface area contributed by atoms with Crippen molar-refractivity contribution in [1.82, 2.24) is 31.9 Å². The average Bonchev–Trinajstić information content (AvgIpc) is 0.764. The number of carbonyl (C=O) groups excluding carboxylic acids is 6. The van der Waals surface area contributed by atoms with Gasteiger partial charge in [-0.2, -0.15) is 0 Å². The Morgan fingerprint density at radius 2 is 0.484 bits per heavy atom. The number of ether oxygens (including phenoxy) is 19. The lowest BCUT2D eigenvalue weighted by Crippen LogP contribution is -2.71. The van der Waals surface area contributed by atoms with E-state index < -0.39 is 402 Å². The molecule has 128 heavy (non-hydrogen) atoms. The van der Waals surface area contributed by atoms with Crippen LogP contribution in [0.3, 0.4) is 0 Å². The Balaban J connectivity index is 0.993. The second-order valence-corrected chi connectivity index (χ2v) is 32.5. The number of aliphatic hydroxyl groups is 25. The summed E-state index contributed by atoms with van der Waals surface area (Å²) in [4.78, 5) is 76.8. The lowest BCUT2D eigenvalue weighted by atomic mass is 9.93. The van der Waals surface area contributed by atoms with Crippen molar-refractivity contribution in [2.24, 2.45) is 0 Å². The van der Waals surface area contributed by atoms with Crippen LogP contribution in [0.15, 0.2) is 0 Å². The zero-order valence-corrected chi connectivity index (χ0v) is 69.6. The molecule has 0 aliphatic carbocycles. The van der Waals surface area contributed by atoms with Crippen LogP contribution in [-0.4, -0.2) is 529 Å². The highest BCUT2D eigenvalue weighted by atomic mass is 16.8. The molecule has 10 aliphatic rings. The molecule has 0 aromatic carbocycles. The number of hydrogen-bond donors (Lipinski definition) is 31. The lowest BCUT2D eigenvalue weighted by molar-refractivity contribution is -0.398. The molecule has 10 rings (SSSR count). The van der Waals surface area contributed by atoms with E-state index in [1.54, 1.807) is 0 Å². The van der Waals surface area contributed by atoms with Crippen LogP contribution >= 0.6 is 0 Å². The van der Waals surface area contributed by atoms with E-state index in [1.165, 1.54) is 6.92 Å². The van der Waals surface area contributed by atoms with E-state index in [4.69, 9.17) is 90.0 Å². The Labute approximate surface area is 726 Å². The Hall–Kier alpha value is -4.94. The second-order valence-electron chi connectivity index (χ2n) is 32.5. The molecule has 0 bridgehead atoms. The summed E-state index contributed by atoms with van der Waals surface area (Å²) in [6.07, 6.45) is -90.9. The fourth-order valence-electron chi connectivity index (χ4n) is 16.6. The quantitative estimate of drug-likeness (QED) is 0.0290. The molecule has 6 amide bonds. The molecule has 0 aromatic heterocycles. The van der Waals surface area contributed by atoms with Crippen LogP contribution in [0.5, 0.6) is 0 Å². The van der Waals surface area contributed by atoms with Gasteiger partial charge in [0, 0.05) is 41.5 Å². The van der Waals surface area contributed by atoms with Crippen LogP contribution < -0.4 is 31.9 Å². The van der Waals surface area contributed by atoms with Crippen LogP contribution in [0.4, 0.5) is 0 Å². The summed E-state index contributed by atoms with van der Waals surface area (Å²) in [5.41, 5.74) is 0. The van der Waals surface area contributed by atoms with Crippen molar-refractivity contribution < 1.29 is 246 Å². The predicted octanol–water partition coefficient (Wildman–Crippen LogP) is -20.9. The summed E-state index contributed by atoms with van der Waals surface area (Å²) in [6, 6.07) is -11.1. The molecular weight excluding hydrogens is 1750 g/mol. The van der Waals surface area contributed by atoms with E-state index in [0.29, 0.717) is 0 Å². The maximum atomic E-state index is 13.3. The first-order valence-electron chi connectivity index (χ1n) is 41.0. The van der Waals surface area contributed by atoms with Gasteiger partial charge in [0.2, 0.25) is 35.4 Å². The smallest absolute Gasteiger partial charge is 0.217 e. The van der Waals surface area contributed by atoms with Gasteiger partial charge in [-0.05, 0) is 6.92 Å². The van der Waals surface area contributed by atoms with Gasteiger partial charge in [0.25, 0.3) is 0 Å². The standard InChI is InChI=1S/C72H120N6O50/c1-17-39(92)51(104)54(107)69(112-17)110-16-32-59(47(100)33(63(109)113-32)73-18(2)86)124-66-36(76-21(5)89)50(103)58(30(14-85)118-66)125-70-55(108)60(126-72-62(53(106)43(96)27(11-82)117-72)128-68-38(78-23(7)91)49(102)57(29(13-84)120-68)123-65-35(75-20(4)88)46(99)41(94)25(9-80)115-65)44(97)31(121-70)15-111-71-61(52(105)42(95)26(10-81)116-71)127-67-37(77-22(6)90)48(101)56(28(12-83)119-67)122-64-34(74-19(3)87)45(98)40(93)24(8-79)114-64/h17,24-72,79-85,92-109H,8-16H2,1-7H3,(H,73,86)(H,74,87)(H,75,88)(H,76,89)(H,77,90)(H,78,91)/t17-,24+,25+,26+,27+,28+,29+,30+,31+,32+,33+,34+,35+,36+,37+,38-,39+,40-,41-,42+,43+,44+,45+,46+,47+,48+,49+,50+,51+,52-,53-,54-,55-,56+,57+,58+,59+,60-,61-,62-,63?,64-,65-,66-,67-,68-,69?,70-,71-,72+/m0/s1. The zero-order chi connectivity index (χ0) is 94.4. The zero-order valence-electron chi connectivity index (χ0n) is 69.6. The van der Waals surface area contributed by atoms with E-state index in [1.807, 2.05) is 0 Å². The van der Waals surface area contributed by atoms with Gasteiger partial charge in [-0.3, -0.25) is 28.8 Å². The molecule has 10 saturated heterocycles. The molecular formula is C72H120N6O50. The van der Waals surface area contributed by atoms with Gasteiger partial charge in [-0.1, -0.05) is 0 Å². The normalized spacial score (nSPS) is 47.8. The molecule has 56 nitrogen and oxygen atoms in total. The Morgan fingerprint density at radius 3 is 0.852 bits per heavy atom. The third kappa shape index (κ3) is 23.8. The van der Waals surface area contributed by atoms with Crippen molar-refractivity contribution in [1.29, 1.82) is 0 Å².